The van der Waals surface area contributed by atoms with Gasteiger partial charge in [-0.3, -0.25) is 9.59 Å². The normalized spacial score (nSPS) is 16.7. The van der Waals surface area contributed by atoms with Crippen LogP contribution in [-0.2, 0) is 46.1 Å². The molecule has 1 aliphatic rings. The molecule has 1 fully saturated rings. The summed E-state index contributed by atoms with van der Waals surface area (Å²) in [5, 5.41) is 8.70. The molecule has 1 aromatic heterocycles. The van der Waals surface area contributed by atoms with Crippen LogP contribution >= 0.6 is 15.9 Å². The van der Waals surface area contributed by atoms with E-state index in [1.165, 1.54) is 14.0 Å². The molecular weight excluding hydrogens is 578 g/mol. The summed E-state index contributed by atoms with van der Waals surface area (Å²) < 4.78 is 33.4. The molecule has 0 bridgehead atoms. The Morgan fingerprint density at radius 3 is 2.54 bits per heavy atom. The molecule has 11 nitrogen and oxygen atoms in total. The number of amides is 2. The van der Waals surface area contributed by atoms with Gasteiger partial charge in [0.1, 0.15) is 18.1 Å². The highest BCUT2D eigenvalue weighted by molar-refractivity contribution is 9.10. The van der Waals surface area contributed by atoms with Gasteiger partial charge < -0.3 is 33.2 Å². The first-order valence-corrected chi connectivity index (χ1v) is 13.4. The zero-order valence-corrected chi connectivity index (χ0v) is 23.6. The van der Waals surface area contributed by atoms with Crippen LogP contribution in [-0.4, -0.2) is 86.9 Å². The molecule has 0 saturated carbocycles. The maximum atomic E-state index is 13.6. The van der Waals surface area contributed by atoms with Crippen molar-refractivity contribution in [2.24, 2.45) is 0 Å². The van der Waals surface area contributed by atoms with Crippen LogP contribution < -0.4 is 0 Å². The third kappa shape index (κ3) is 8.87. The number of furan rings is 1. The second-order valence-corrected chi connectivity index (χ2v) is 9.64. The minimum atomic E-state index is -1.36. The lowest BCUT2D eigenvalue weighted by Gasteiger charge is -2.28. The summed E-state index contributed by atoms with van der Waals surface area (Å²) in [6, 6.07) is 10.5. The van der Waals surface area contributed by atoms with Crippen LogP contribution in [0.5, 0.6) is 0 Å². The van der Waals surface area contributed by atoms with E-state index < -0.39 is 36.2 Å². The molecule has 0 spiro atoms. The van der Waals surface area contributed by atoms with Crippen molar-refractivity contribution in [1.82, 2.24) is 4.90 Å². The first-order valence-electron chi connectivity index (χ1n) is 12.6. The summed E-state index contributed by atoms with van der Waals surface area (Å²) in [6.07, 6.45) is -1.83. The summed E-state index contributed by atoms with van der Waals surface area (Å²) in [4.78, 5) is 39.2. The third-order valence-electron chi connectivity index (χ3n) is 5.93. The molecule has 1 aliphatic heterocycles. The number of benzene rings is 1. The number of nitrogens with zero attached hydrogens (tertiary/aromatic N) is 1. The predicted octanol–water partition coefficient (Wildman–Crippen LogP) is 3.21. The number of rotatable bonds is 16. The molecule has 2 aromatic rings. The van der Waals surface area contributed by atoms with Gasteiger partial charge in [-0.15, -0.1) is 0 Å². The number of hydrogen-bond acceptors (Lipinski definition) is 10. The standard InChI is InChI=1S/C27H34BrNO10/c1-18(31)38-24(23-16-21(28)22(39-23)9-6-11-35-13-14-36-12-10-30)25(34-2)26(32)29-20(17-37-27(29)33)15-19-7-4-3-5-8-19/h3-5,7-8,16,20,24-25,30H,6,9-15,17H2,1-2H3/t20-,24+,25-/m1/s1. The van der Waals surface area contributed by atoms with Crippen molar-refractivity contribution in [2.45, 2.75) is 44.4 Å². The fourth-order valence-electron chi connectivity index (χ4n) is 4.16. The molecule has 0 radical (unpaired) electrons. The lowest BCUT2D eigenvalue weighted by molar-refractivity contribution is -0.164. The van der Waals surface area contributed by atoms with Crippen molar-refractivity contribution >= 4 is 33.9 Å². The minimum absolute atomic E-state index is 0.0326. The molecule has 1 N–H and O–H groups in total. The number of aliphatic hydroxyl groups is 1. The zero-order valence-electron chi connectivity index (χ0n) is 22.0. The molecular formula is C27H34BrNO10. The molecule has 39 heavy (non-hydrogen) atoms. The number of ether oxygens (including phenoxy) is 5. The van der Waals surface area contributed by atoms with Crippen molar-refractivity contribution in [2.75, 3.05) is 46.8 Å². The van der Waals surface area contributed by atoms with Crippen LogP contribution in [0.4, 0.5) is 4.79 Å². The SMILES string of the molecule is CO[C@@H](C(=O)N1C(=O)OC[C@H]1Cc1ccccc1)[C@@H](OC(C)=O)c1cc(Br)c(CCCOCCOCCO)o1. The second-order valence-electron chi connectivity index (χ2n) is 8.79. The van der Waals surface area contributed by atoms with Gasteiger partial charge in [0.15, 0.2) is 12.2 Å². The van der Waals surface area contributed by atoms with E-state index in [4.69, 9.17) is 33.2 Å². The van der Waals surface area contributed by atoms with Gasteiger partial charge in [0.2, 0.25) is 0 Å². The van der Waals surface area contributed by atoms with Crippen molar-refractivity contribution in [3.05, 3.63) is 58.0 Å². The molecule has 2 amide bonds. The number of esters is 1. The van der Waals surface area contributed by atoms with Crippen LogP contribution in [0.15, 0.2) is 45.3 Å². The summed E-state index contributed by atoms with van der Waals surface area (Å²) >= 11 is 3.46. The van der Waals surface area contributed by atoms with E-state index in [0.717, 1.165) is 10.5 Å². The van der Waals surface area contributed by atoms with Crippen LogP contribution in [0.3, 0.4) is 0 Å². The van der Waals surface area contributed by atoms with Crippen LogP contribution in [0.25, 0.3) is 0 Å². The van der Waals surface area contributed by atoms with E-state index in [0.29, 0.717) is 49.3 Å². The Balaban J connectivity index is 1.70. The number of carbonyl (C=O) groups is 3. The first kappa shape index (κ1) is 30.8. The van der Waals surface area contributed by atoms with E-state index in [-0.39, 0.29) is 25.6 Å². The number of halogens is 1. The van der Waals surface area contributed by atoms with Crippen molar-refractivity contribution in [3.8, 4) is 0 Å². The topological polar surface area (TPSA) is 134 Å². The lowest BCUT2D eigenvalue weighted by atomic mass is 10.0. The predicted molar refractivity (Wildman–Crippen MR) is 141 cm³/mol. The Hall–Kier alpha value is -2.77. The maximum absolute atomic E-state index is 13.6. The number of imide groups is 1. The molecule has 1 saturated heterocycles. The van der Waals surface area contributed by atoms with E-state index in [9.17, 15) is 14.4 Å². The van der Waals surface area contributed by atoms with Gasteiger partial charge in [0.25, 0.3) is 5.91 Å². The number of carbonyl (C=O) groups excluding carboxylic acids is 3. The monoisotopic (exact) mass is 611 g/mol. The van der Waals surface area contributed by atoms with Crippen LogP contribution in [0.2, 0.25) is 0 Å². The smallest absolute Gasteiger partial charge is 0.417 e. The molecule has 3 atom stereocenters. The molecule has 3 rings (SSSR count). The molecule has 0 unspecified atom stereocenters. The van der Waals surface area contributed by atoms with Gasteiger partial charge in [-0.25, -0.2) is 9.69 Å². The van der Waals surface area contributed by atoms with Crippen LogP contribution in [0.1, 0.15) is 36.5 Å². The van der Waals surface area contributed by atoms with Crippen molar-refractivity contribution in [1.29, 1.82) is 0 Å². The second kappa shape index (κ2) is 15.7. The van der Waals surface area contributed by atoms with Gasteiger partial charge in [-0.05, 0) is 40.4 Å². The van der Waals surface area contributed by atoms with Crippen molar-refractivity contribution in [3.63, 3.8) is 0 Å². The van der Waals surface area contributed by atoms with Gasteiger partial charge in [-0.1, -0.05) is 30.3 Å². The van der Waals surface area contributed by atoms with Crippen molar-refractivity contribution < 1.29 is 47.6 Å². The largest absolute Gasteiger partial charge is 0.461 e. The Morgan fingerprint density at radius 2 is 1.87 bits per heavy atom. The highest BCUT2D eigenvalue weighted by atomic mass is 79.9. The quantitative estimate of drug-likeness (QED) is 0.223. The Morgan fingerprint density at radius 1 is 1.15 bits per heavy atom. The summed E-state index contributed by atoms with van der Waals surface area (Å²) in [7, 11) is 1.30. The minimum Gasteiger partial charge on any atom is -0.461 e. The summed E-state index contributed by atoms with van der Waals surface area (Å²) in [5.74, 6) is -0.575. The van der Waals surface area contributed by atoms with Gasteiger partial charge in [0.05, 0.1) is 36.9 Å². The number of cyclic esters (lactones) is 1. The Kier molecular flexibility index (Phi) is 12.4. The fourth-order valence-corrected chi connectivity index (χ4v) is 4.67. The summed E-state index contributed by atoms with van der Waals surface area (Å²) in [6.45, 7) is 2.75. The van der Waals surface area contributed by atoms with Gasteiger partial charge >= 0.3 is 12.1 Å². The number of aryl methyl sites for hydroxylation is 1. The molecule has 0 aliphatic carbocycles. The fraction of sp³-hybridized carbons (Fsp3) is 0.519. The molecule has 1 aromatic carbocycles. The molecule has 12 heteroatoms. The average Bonchev–Trinajstić information content (AvgIpc) is 3.47. The highest BCUT2D eigenvalue weighted by Crippen LogP contribution is 2.33. The van der Waals surface area contributed by atoms with Gasteiger partial charge in [0, 0.05) is 27.1 Å². The number of hydrogen-bond donors (Lipinski definition) is 1. The first-order chi connectivity index (χ1) is 18.8. The lowest BCUT2D eigenvalue weighted by Crippen LogP contribution is -2.48. The van der Waals surface area contributed by atoms with Crippen LogP contribution in [0, 0.1) is 0 Å². The number of methoxy groups -OCH3 is 1. The highest BCUT2D eigenvalue weighted by Gasteiger charge is 2.45. The van der Waals surface area contributed by atoms with E-state index in [2.05, 4.69) is 15.9 Å². The molecule has 2 heterocycles. The average molecular weight is 612 g/mol. The Labute approximate surface area is 235 Å². The van der Waals surface area contributed by atoms with E-state index in [1.54, 1.807) is 6.07 Å². The van der Waals surface area contributed by atoms with E-state index in [1.807, 2.05) is 30.3 Å². The zero-order chi connectivity index (χ0) is 28.2. The third-order valence-corrected chi connectivity index (χ3v) is 6.61. The Bertz CT molecular complexity index is 1080. The van der Waals surface area contributed by atoms with E-state index >= 15 is 0 Å². The summed E-state index contributed by atoms with van der Waals surface area (Å²) in [5.41, 5.74) is 0.936. The van der Waals surface area contributed by atoms with Gasteiger partial charge in [-0.2, -0.15) is 0 Å². The maximum Gasteiger partial charge on any atom is 0.417 e. The molecule has 214 valence electrons. The number of aliphatic hydroxyl groups excluding tert-OH is 1.